The first-order chi connectivity index (χ1) is 11.2. The lowest BCUT2D eigenvalue weighted by atomic mass is 10.2. The van der Waals surface area contributed by atoms with Gasteiger partial charge in [-0.15, -0.1) is 11.8 Å². The van der Waals surface area contributed by atoms with Gasteiger partial charge in [-0.1, -0.05) is 47.5 Å². The summed E-state index contributed by atoms with van der Waals surface area (Å²) in [6, 6.07) is 16.0. The van der Waals surface area contributed by atoms with Crippen LogP contribution in [0, 0.1) is 0 Å². The Labute approximate surface area is 151 Å². The number of hydrazine groups is 1. The fourth-order valence-electron chi connectivity index (χ4n) is 2.42. The van der Waals surface area contributed by atoms with E-state index in [1.54, 1.807) is 0 Å². The maximum atomic E-state index is 5.96. The molecule has 3 nitrogen and oxygen atoms in total. The Morgan fingerprint density at radius 2 is 1.52 bits per heavy atom. The Hall–Kier alpha value is -0.750. The van der Waals surface area contributed by atoms with Crippen LogP contribution in [0.1, 0.15) is 11.1 Å². The molecule has 1 unspecified atom stereocenters. The minimum absolute atomic E-state index is 0.232. The molecule has 2 N–H and O–H groups in total. The van der Waals surface area contributed by atoms with Gasteiger partial charge in [0.15, 0.2) is 0 Å². The number of nitrogens with one attached hydrogen (secondary N) is 2. The lowest BCUT2D eigenvalue weighted by molar-refractivity contribution is 0.113. The lowest BCUT2D eigenvalue weighted by Gasteiger charge is -2.36. The summed E-state index contributed by atoms with van der Waals surface area (Å²) in [5.41, 5.74) is 6.22. The van der Waals surface area contributed by atoms with Gasteiger partial charge in [-0.3, -0.25) is 10.7 Å². The Bertz CT molecular complexity index is 619. The number of hydrogen-bond donors (Lipinski definition) is 2. The molecule has 0 amide bonds. The van der Waals surface area contributed by atoms with Crippen LogP contribution in [0.15, 0.2) is 48.5 Å². The molecule has 1 aliphatic heterocycles. The van der Waals surface area contributed by atoms with E-state index in [1.807, 2.05) is 36.0 Å². The minimum Gasteiger partial charge on any atom is -0.291 e. The van der Waals surface area contributed by atoms with Crippen LogP contribution >= 0.6 is 35.0 Å². The monoisotopic (exact) mass is 367 g/mol. The largest absolute Gasteiger partial charge is 0.291 e. The SMILES string of the molecule is Clc1ccc(CSC2NCCNN2Cc2ccc(Cl)cc2)cc1. The van der Waals surface area contributed by atoms with Crippen LogP contribution in [0.5, 0.6) is 0 Å². The van der Waals surface area contributed by atoms with Crippen molar-refractivity contribution in [1.82, 2.24) is 15.8 Å². The topological polar surface area (TPSA) is 27.3 Å². The van der Waals surface area contributed by atoms with Gasteiger partial charge in [0, 0.05) is 35.4 Å². The van der Waals surface area contributed by atoms with E-state index in [9.17, 15) is 0 Å². The average molecular weight is 368 g/mol. The van der Waals surface area contributed by atoms with Gasteiger partial charge < -0.3 is 0 Å². The van der Waals surface area contributed by atoms with Gasteiger partial charge >= 0.3 is 0 Å². The molecule has 0 aromatic heterocycles. The second-order valence-corrected chi connectivity index (χ2v) is 7.35. The quantitative estimate of drug-likeness (QED) is 0.830. The molecule has 1 atom stereocenters. The molecule has 1 aliphatic rings. The summed E-state index contributed by atoms with van der Waals surface area (Å²) < 4.78 is 0. The molecule has 23 heavy (non-hydrogen) atoms. The van der Waals surface area contributed by atoms with Crippen molar-refractivity contribution < 1.29 is 0 Å². The van der Waals surface area contributed by atoms with Gasteiger partial charge in [-0.25, -0.2) is 5.01 Å². The maximum Gasteiger partial charge on any atom is 0.121 e. The predicted molar refractivity (Wildman–Crippen MR) is 99.5 cm³/mol. The van der Waals surface area contributed by atoms with Crippen molar-refractivity contribution in [3.05, 3.63) is 69.7 Å². The van der Waals surface area contributed by atoms with Crippen LogP contribution < -0.4 is 10.7 Å². The molecular weight excluding hydrogens is 349 g/mol. The highest BCUT2D eigenvalue weighted by atomic mass is 35.5. The van der Waals surface area contributed by atoms with Crippen molar-refractivity contribution in [3.63, 3.8) is 0 Å². The third-order valence-electron chi connectivity index (χ3n) is 3.63. The summed E-state index contributed by atoms with van der Waals surface area (Å²) in [5.74, 6) is 0.938. The maximum absolute atomic E-state index is 5.96. The van der Waals surface area contributed by atoms with Crippen molar-refractivity contribution in [3.8, 4) is 0 Å². The van der Waals surface area contributed by atoms with Gasteiger partial charge in [0.2, 0.25) is 0 Å². The standard InChI is InChI=1S/C17H19Cl2N3S/c18-15-5-1-13(2-6-15)11-22-17(20-9-10-21-22)23-12-14-3-7-16(19)8-4-14/h1-8,17,20-21H,9-12H2. The highest BCUT2D eigenvalue weighted by Crippen LogP contribution is 2.22. The first-order valence-electron chi connectivity index (χ1n) is 7.55. The minimum atomic E-state index is 0.232. The zero-order valence-corrected chi connectivity index (χ0v) is 15.0. The van der Waals surface area contributed by atoms with Crippen molar-refractivity contribution in [2.24, 2.45) is 0 Å². The van der Waals surface area contributed by atoms with Crippen LogP contribution in [0.2, 0.25) is 10.0 Å². The van der Waals surface area contributed by atoms with E-state index in [-0.39, 0.29) is 5.50 Å². The van der Waals surface area contributed by atoms with Gasteiger partial charge in [0.1, 0.15) is 5.50 Å². The van der Waals surface area contributed by atoms with Crippen molar-refractivity contribution in [1.29, 1.82) is 0 Å². The molecule has 2 aromatic carbocycles. The normalized spacial score (nSPS) is 19.0. The molecule has 1 fully saturated rings. The van der Waals surface area contributed by atoms with Gasteiger partial charge in [-0.2, -0.15) is 0 Å². The molecule has 122 valence electrons. The fourth-order valence-corrected chi connectivity index (χ4v) is 3.78. The number of hydrogen-bond acceptors (Lipinski definition) is 4. The Kier molecular flexibility index (Phi) is 6.22. The van der Waals surface area contributed by atoms with Crippen LogP contribution in [-0.4, -0.2) is 23.6 Å². The van der Waals surface area contributed by atoms with Crippen LogP contribution in [0.3, 0.4) is 0 Å². The number of thioether (sulfide) groups is 1. The van der Waals surface area contributed by atoms with E-state index in [1.165, 1.54) is 11.1 Å². The fraction of sp³-hybridized carbons (Fsp3) is 0.294. The zero-order chi connectivity index (χ0) is 16.1. The van der Waals surface area contributed by atoms with E-state index in [0.29, 0.717) is 0 Å². The molecule has 1 saturated heterocycles. The summed E-state index contributed by atoms with van der Waals surface area (Å²) in [5, 5.41) is 7.35. The molecule has 1 heterocycles. The third kappa shape index (κ3) is 5.11. The molecule has 0 aliphatic carbocycles. The summed E-state index contributed by atoms with van der Waals surface area (Å²) in [6.07, 6.45) is 0. The number of nitrogens with zero attached hydrogens (tertiary/aromatic N) is 1. The molecular formula is C17H19Cl2N3S. The highest BCUT2D eigenvalue weighted by Gasteiger charge is 2.22. The summed E-state index contributed by atoms with van der Waals surface area (Å²) >= 11 is 13.8. The molecule has 2 aromatic rings. The van der Waals surface area contributed by atoms with Crippen LogP contribution in [0.4, 0.5) is 0 Å². The summed E-state index contributed by atoms with van der Waals surface area (Å²) in [6.45, 7) is 2.74. The van der Waals surface area contributed by atoms with Crippen molar-refractivity contribution in [2.75, 3.05) is 13.1 Å². The van der Waals surface area contributed by atoms with E-state index < -0.39 is 0 Å². The molecule has 0 bridgehead atoms. The second kappa shape index (κ2) is 8.38. The van der Waals surface area contributed by atoms with E-state index in [4.69, 9.17) is 23.2 Å². The van der Waals surface area contributed by atoms with Crippen molar-refractivity contribution in [2.45, 2.75) is 17.8 Å². The van der Waals surface area contributed by atoms with Crippen molar-refractivity contribution >= 4 is 35.0 Å². The molecule has 0 saturated carbocycles. The predicted octanol–water partition coefficient (Wildman–Crippen LogP) is 4.12. The summed E-state index contributed by atoms with van der Waals surface area (Å²) in [4.78, 5) is 0. The van der Waals surface area contributed by atoms with E-state index in [0.717, 1.165) is 35.4 Å². The first-order valence-corrected chi connectivity index (χ1v) is 9.35. The van der Waals surface area contributed by atoms with E-state index in [2.05, 4.69) is 40.0 Å². The Balaban J connectivity index is 1.59. The Morgan fingerprint density at radius 3 is 2.17 bits per heavy atom. The lowest BCUT2D eigenvalue weighted by Crippen LogP contribution is -2.57. The van der Waals surface area contributed by atoms with Gasteiger partial charge in [-0.05, 0) is 35.4 Å². The molecule has 0 spiro atoms. The zero-order valence-electron chi connectivity index (χ0n) is 12.6. The number of benzene rings is 2. The number of rotatable bonds is 5. The molecule has 3 rings (SSSR count). The van der Waals surface area contributed by atoms with Gasteiger partial charge in [0.25, 0.3) is 0 Å². The number of halogens is 2. The third-order valence-corrected chi connectivity index (χ3v) is 5.37. The first kappa shape index (κ1) is 17.1. The second-order valence-electron chi connectivity index (χ2n) is 5.41. The van der Waals surface area contributed by atoms with Gasteiger partial charge in [0.05, 0.1) is 0 Å². The molecule has 6 heteroatoms. The molecule has 0 radical (unpaired) electrons. The Morgan fingerprint density at radius 1 is 0.913 bits per heavy atom. The smallest absolute Gasteiger partial charge is 0.121 e. The van der Waals surface area contributed by atoms with E-state index >= 15 is 0 Å². The average Bonchev–Trinajstić information content (AvgIpc) is 2.58. The van der Waals surface area contributed by atoms with Crippen LogP contribution in [-0.2, 0) is 12.3 Å². The van der Waals surface area contributed by atoms with Crippen LogP contribution in [0.25, 0.3) is 0 Å². The summed E-state index contributed by atoms with van der Waals surface area (Å²) in [7, 11) is 0. The highest BCUT2D eigenvalue weighted by molar-refractivity contribution is 7.99.